The molecule has 0 saturated heterocycles. The summed E-state index contributed by atoms with van der Waals surface area (Å²) in [5, 5.41) is 11.8. The lowest BCUT2D eigenvalue weighted by molar-refractivity contribution is 0.0261. The van der Waals surface area contributed by atoms with Crippen LogP contribution in [0.1, 0.15) is 30.4 Å². The van der Waals surface area contributed by atoms with E-state index in [1.54, 1.807) is 0 Å². The predicted molar refractivity (Wildman–Crippen MR) is 143 cm³/mol. The highest BCUT2D eigenvalue weighted by molar-refractivity contribution is 8.05. The first-order valence-electron chi connectivity index (χ1n) is 11.6. The largest absolute Gasteiger partial charge is 0.390 e. The molecule has 3 heteroatoms. The van der Waals surface area contributed by atoms with Crippen LogP contribution in [-0.4, -0.2) is 18.8 Å². The number of aryl methyl sites for hydroxylation is 2. The number of aliphatic hydroxyl groups is 1. The molecule has 3 aromatic rings. The van der Waals surface area contributed by atoms with E-state index in [2.05, 4.69) is 117 Å². The van der Waals surface area contributed by atoms with Crippen LogP contribution in [-0.2, 0) is 12.8 Å². The Morgan fingerprint density at radius 1 is 0.750 bits per heavy atom. The third-order valence-corrected chi connectivity index (χ3v) is 10.5. The molecule has 0 aromatic heterocycles. The number of hydrogen-bond donors (Lipinski definition) is 1. The van der Waals surface area contributed by atoms with Gasteiger partial charge in [0.25, 0.3) is 0 Å². The number of benzene rings is 3. The molecular formula is C29H36OSSi. The van der Waals surface area contributed by atoms with Crippen LogP contribution in [0.2, 0.25) is 19.6 Å². The lowest BCUT2D eigenvalue weighted by Crippen LogP contribution is -2.31. The van der Waals surface area contributed by atoms with Crippen LogP contribution in [0.15, 0.2) is 106 Å². The van der Waals surface area contributed by atoms with Crippen molar-refractivity contribution in [1.82, 2.24) is 0 Å². The molecule has 0 heterocycles. The Labute approximate surface area is 199 Å². The summed E-state index contributed by atoms with van der Waals surface area (Å²) >= 11 is 1.88. The molecule has 0 saturated carbocycles. The van der Waals surface area contributed by atoms with E-state index in [-0.39, 0.29) is 0 Å². The fourth-order valence-corrected chi connectivity index (χ4v) is 6.78. The fraction of sp³-hybridized carbons (Fsp3) is 0.310. The lowest BCUT2D eigenvalue weighted by Gasteiger charge is -2.29. The Bertz CT molecular complexity index is 919. The van der Waals surface area contributed by atoms with Crippen LogP contribution in [0.5, 0.6) is 0 Å². The van der Waals surface area contributed by atoms with E-state index < -0.39 is 13.7 Å². The Morgan fingerprint density at radius 2 is 1.19 bits per heavy atom. The molecule has 0 aliphatic heterocycles. The first-order chi connectivity index (χ1) is 15.3. The minimum Gasteiger partial charge on any atom is -0.390 e. The van der Waals surface area contributed by atoms with Crippen molar-refractivity contribution in [3.63, 3.8) is 0 Å². The first-order valence-corrected chi connectivity index (χ1v) is 15.9. The highest BCUT2D eigenvalue weighted by atomic mass is 32.2. The SMILES string of the molecule is C[Si](C)(C)/C(=C/CC(O)(CCc1ccccc1)CCc1ccccc1)Sc1ccccc1. The highest BCUT2D eigenvalue weighted by Crippen LogP contribution is 2.35. The number of thioether (sulfide) groups is 1. The second kappa shape index (κ2) is 11.7. The van der Waals surface area contributed by atoms with E-state index >= 15 is 0 Å². The fourth-order valence-electron chi connectivity index (χ4n) is 3.77. The van der Waals surface area contributed by atoms with Gasteiger partial charge in [0.05, 0.1) is 13.7 Å². The maximum atomic E-state index is 11.8. The summed E-state index contributed by atoms with van der Waals surface area (Å²) in [7, 11) is -1.53. The zero-order valence-electron chi connectivity index (χ0n) is 19.6. The van der Waals surface area contributed by atoms with Crippen LogP contribution in [0, 0.1) is 0 Å². The van der Waals surface area contributed by atoms with Gasteiger partial charge in [0.1, 0.15) is 0 Å². The van der Waals surface area contributed by atoms with E-state index in [9.17, 15) is 5.11 Å². The van der Waals surface area contributed by atoms with Gasteiger partial charge >= 0.3 is 0 Å². The van der Waals surface area contributed by atoms with Gasteiger partial charge in [0.2, 0.25) is 0 Å². The second-order valence-corrected chi connectivity index (χ2v) is 16.1. The van der Waals surface area contributed by atoms with Gasteiger partial charge in [-0.2, -0.15) is 0 Å². The summed E-state index contributed by atoms with van der Waals surface area (Å²) < 4.78 is 1.45. The maximum absolute atomic E-state index is 11.8. The molecule has 0 fully saturated rings. The second-order valence-electron chi connectivity index (χ2n) is 9.63. The van der Waals surface area contributed by atoms with E-state index in [4.69, 9.17) is 0 Å². The molecule has 3 aromatic carbocycles. The van der Waals surface area contributed by atoms with Crippen LogP contribution in [0.25, 0.3) is 0 Å². The Hall–Kier alpha value is -2.07. The molecule has 0 atom stereocenters. The molecule has 0 amide bonds. The average molecular weight is 461 g/mol. The summed E-state index contributed by atoms with van der Waals surface area (Å²) in [6.07, 6.45) is 6.39. The van der Waals surface area contributed by atoms with E-state index in [0.29, 0.717) is 6.42 Å². The summed E-state index contributed by atoms with van der Waals surface area (Å²) in [5.41, 5.74) is 1.87. The molecule has 1 nitrogen and oxygen atoms in total. The third-order valence-electron chi connectivity index (χ3n) is 5.82. The molecule has 168 valence electrons. The zero-order chi connectivity index (χ0) is 22.9. The maximum Gasteiger partial charge on any atom is 0.0857 e. The average Bonchev–Trinajstić information content (AvgIpc) is 2.81. The van der Waals surface area contributed by atoms with Crippen LogP contribution in [0.3, 0.4) is 0 Å². The monoisotopic (exact) mass is 460 g/mol. The van der Waals surface area contributed by atoms with Gasteiger partial charge in [-0.25, -0.2) is 0 Å². The molecule has 32 heavy (non-hydrogen) atoms. The van der Waals surface area contributed by atoms with Crippen molar-refractivity contribution >= 4 is 19.8 Å². The first kappa shape index (κ1) is 24.6. The Balaban J connectivity index is 1.77. The molecule has 0 unspecified atom stereocenters. The van der Waals surface area contributed by atoms with Crippen LogP contribution >= 0.6 is 11.8 Å². The van der Waals surface area contributed by atoms with Crippen molar-refractivity contribution in [2.45, 2.75) is 62.2 Å². The molecule has 0 radical (unpaired) electrons. The van der Waals surface area contributed by atoms with Gasteiger partial charge < -0.3 is 5.11 Å². The summed E-state index contributed by atoms with van der Waals surface area (Å²) in [5.74, 6) is 0. The van der Waals surface area contributed by atoms with Gasteiger partial charge in [-0.05, 0) is 59.9 Å². The van der Waals surface area contributed by atoms with Gasteiger partial charge in [-0.1, -0.05) is 116 Å². The summed E-state index contributed by atoms with van der Waals surface area (Å²) in [6.45, 7) is 7.17. The van der Waals surface area contributed by atoms with E-state index in [0.717, 1.165) is 25.7 Å². The molecule has 0 aliphatic carbocycles. The smallest absolute Gasteiger partial charge is 0.0857 e. The normalized spacial score (nSPS) is 12.7. The summed E-state index contributed by atoms with van der Waals surface area (Å²) in [6, 6.07) is 31.7. The van der Waals surface area contributed by atoms with Crippen molar-refractivity contribution < 1.29 is 5.11 Å². The Kier molecular flexibility index (Phi) is 8.98. The standard InChI is InChI=1S/C29H36OSSi/c1-32(2,3)28(31-27-17-11-6-12-18-27)21-24-29(30,22-19-25-13-7-4-8-14-25)23-20-26-15-9-5-10-16-26/h4-18,21,30H,19-20,22-24H2,1-3H3/b28-21+. The minimum absolute atomic E-state index is 0.701. The van der Waals surface area contributed by atoms with Crippen LogP contribution in [0.4, 0.5) is 0 Å². The van der Waals surface area contributed by atoms with Crippen molar-refractivity contribution in [3.05, 3.63) is 113 Å². The topological polar surface area (TPSA) is 20.2 Å². The zero-order valence-corrected chi connectivity index (χ0v) is 21.4. The molecule has 0 aliphatic rings. The quantitative estimate of drug-likeness (QED) is 0.231. The summed E-state index contributed by atoms with van der Waals surface area (Å²) in [4.78, 5) is 1.28. The van der Waals surface area contributed by atoms with E-state index in [1.807, 2.05) is 11.8 Å². The van der Waals surface area contributed by atoms with Crippen molar-refractivity contribution in [3.8, 4) is 0 Å². The molecule has 0 spiro atoms. The third kappa shape index (κ3) is 8.12. The predicted octanol–water partition coefficient (Wildman–Crippen LogP) is 7.93. The van der Waals surface area contributed by atoms with Gasteiger partial charge in [0.15, 0.2) is 0 Å². The number of rotatable bonds is 11. The van der Waals surface area contributed by atoms with Gasteiger partial charge in [0, 0.05) is 4.90 Å². The molecule has 0 bridgehead atoms. The van der Waals surface area contributed by atoms with Crippen molar-refractivity contribution in [2.24, 2.45) is 0 Å². The van der Waals surface area contributed by atoms with E-state index in [1.165, 1.54) is 20.6 Å². The van der Waals surface area contributed by atoms with Crippen molar-refractivity contribution in [1.29, 1.82) is 0 Å². The molecular weight excluding hydrogens is 424 g/mol. The highest BCUT2D eigenvalue weighted by Gasteiger charge is 2.28. The van der Waals surface area contributed by atoms with Crippen LogP contribution < -0.4 is 0 Å². The minimum atomic E-state index is -1.53. The lowest BCUT2D eigenvalue weighted by atomic mass is 9.86. The molecule has 3 rings (SSSR count). The van der Waals surface area contributed by atoms with Gasteiger partial charge in [-0.3, -0.25) is 0 Å². The number of hydrogen-bond acceptors (Lipinski definition) is 2. The Morgan fingerprint density at radius 3 is 1.62 bits per heavy atom. The van der Waals surface area contributed by atoms with Crippen molar-refractivity contribution in [2.75, 3.05) is 0 Å². The molecule has 1 N–H and O–H groups in total. The van der Waals surface area contributed by atoms with Gasteiger partial charge in [-0.15, -0.1) is 0 Å².